The highest BCUT2D eigenvalue weighted by Gasteiger charge is 2.18. The zero-order valence-electron chi connectivity index (χ0n) is 10.4. The van der Waals surface area contributed by atoms with Gasteiger partial charge < -0.3 is 10.5 Å². The number of hydrogen-bond donors (Lipinski definition) is 2. The number of benzene rings is 1. The Morgan fingerprint density at radius 1 is 1.47 bits per heavy atom. The van der Waals surface area contributed by atoms with Crippen LogP contribution in [0.25, 0.3) is 0 Å². The zero-order valence-corrected chi connectivity index (χ0v) is 11.3. The van der Waals surface area contributed by atoms with Crippen molar-refractivity contribution in [2.24, 2.45) is 5.73 Å². The molecular weight excluding hydrogens is 271 g/mol. The van der Waals surface area contributed by atoms with E-state index in [1.54, 1.807) is 0 Å². The van der Waals surface area contributed by atoms with Crippen molar-refractivity contribution in [2.45, 2.75) is 4.90 Å². The Bertz CT molecular complexity index is 591. The molecule has 3 N–H and O–H groups in total. The third-order valence-corrected chi connectivity index (χ3v) is 3.65. The lowest BCUT2D eigenvalue weighted by Gasteiger charge is -2.07. The minimum absolute atomic E-state index is 0.0764. The zero-order chi connectivity index (χ0) is 14.3. The molecule has 0 fully saturated rings. The van der Waals surface area contributed by atoms with Crippen LogP contribution in [0.4, 0.5) is 4.39 Å². The molecule has 1 aromatic rings. The summed E-state index contributed by atoms with van der Waals surface area (Å²) in [5.74, 6) is 4.33. The fourth-order valence-electron chi connectivity index (χ4n) is 1.31. The Hall–Kier alpha value is -1.46. The first kappa shape index (κ1) is 15.6. The molecule has 0 aliphatic carbocycles. The van der Waals surface area contributed by atoms with E-state index in [4.69, 9.17) is 10.5 Å². The van der Waals surface area contributed by atoms with Gasteiger partial charge in [0.15, 0.2) is 0 Å². The molecule has 0 radical (unpaired) electrons. The Morgan fingerprint density at radius 3 is 2.79 bits per heavy atom. The standard InChI is InChI=1S/C12H15FN2O3S/c1-18-8-7-15-19(16,17)12-5-4-10(3-2-6-14)9-11(12)13/h4-5,9,15H,6-8,14H2,1H3. The fourth-order valence-corrected chi connectivity index (χ4v) is 2.38. The molecular formula is C12H15FN2O3S. The lowest BCUT2D eigenvalue weighted by Crippen LogP contribution is -2.27. The van der Waals surface area contributed by atoms with Gasteiger partial charge in [-0.3, -0.25) is 0 Å². The normalized spacial score (nSPS) is 10.9. The van der Waals surface area contributed by atoms with E-state index in [1.165, 1.54) is 19.2 Å². The van der Waals surface area contributed by atoms with E-state index in [-0.39, 0.29) is 19.7 Å². The molecule has 7 heteroatoms. The second-order valence-electron chi connectivity index (χ2n) is 3.54. The molecule has 1 rings (SSSR count). The predicted octanol–water partition coefficient (Wildman–Crippen LogP) is 0.0606. The first-order valence-electron chi connectivity index (χ1n) is 5.48. The molecule has 104 valence electrons. The highest BCUT2D eigenvalue weighted by molar-refractivity contribution is 7.89. The van der Waals surface area contributed by atoms with Gasteiger partial charge in [-0.2, -0.15) is 0 Å². The monoisotopic (exact) mass is 286 g/mol. The number of ether oxygens (including phenoxy) is 1. The quantitative estimate of drug-likeness (QED) is 0.592. The van der Waals surface area contributed by atoms with Crippen molar-refractivity contribution < 1.29 is 17.5 Å². The summed E-state index contributed by atoms with van der Waals surface area (Å²) in [6.07, 6.45) is 0. The third kappa shape index (κ3) is 4.61. The van der Waals surface area contributed by atoms with E-state index in [2.05, 4.69) is 16.6 Å². The number of sulfonamides is 1. The van der Waals surface area contributed by atoms with Crippen LogP contribution in [0, 0.1) is 17.7 Å². The highest BCUT2D eigenvalue weighted by atomic mass is 32.2. The van der Waals surface area contributed by atoms with Crippen LogP contribution >= 0.6 is 0 Å². The summed E-state index contributed by atoms with van der Waals surface area (Å²) in [5, 5.41) is 0. The van der Waals surface area contributed by atoms with Crippen molar-refractivity contribution in [1.82, 2.24) is 4.72 Å². The highest BCUT2D eigenvalue weighted by Crippen LogP contribution is 2.15. The number of nitrogens with one attached hydrogen (secondary N) is 1. The van der Waals surface area contributed by atoms with Gasteiger partial charge in [0, 0.05) is 19.2 Å². The average molecular weight is 286 g/mol. The van der Waals surface area contributed by atoms with Crippen LogP contribution in [0.3, 0.4) is 0 Å². The van der Waals surface area contributed by atoms with Crippen LogP contribution < -0.4 is 10.5 Å². The smallest absolute Gasteiger partial charge is 0.243 e. The molecule has 0 spiro atoms. The summed E-state index contributed by atoms with van der Waals surface area (Å²) in [5.41, 5.74) is 5.57. The van der Waals surface area contributed by atoms with E-state index in [1.807, 2.05) is 0 Å². The number of hydrogen-bond acceptors (Lipinski definition) is 4. The van der Waals surface area contributed by atoms with Gasteiger partial charge in [0.05, 0.1) is 13.2 Å². The Balaban J connectivity index is 2.95. The molecule has 1 aromatic carbocycles. The maximum Gasteiger partial charge on any atom is 0.243 e. The van der Waals surface area contributed by atoms with Crippen LogP contribution in [0.1, 0.15) is 5.56 Å². The minimum atomic E-state index is -3.88. The summed E-state index contributed by atoms with van der Waals surface area (Å²) in [6, 6.07) is 3.66. The summed E-state index contributed by atoms with van der Waals surface area (Å²) >= 11 is 0. The van der Waals surface area contributed by atoms with Crippen molar-refractivity contribution in [1.29, 1.82) is 0 Å². The summed E-state index contributed by atoms with van der Waals surface area (Å²) in [7, 11) is -2.43. The van der Waals surface area contributed by atoms with Gasteiger partial charge >= 0.3 is 0 Å². The van der Waals surface area contributed by atoms with Gasteiger partial charge in [-0.05, 0) is 18.2 Å². The molecule has 0 amide bonds. The van der Waals surface area contributed by atoms with Gasteiger partial charge in [-0.1, -0.05) is 11.8 Å². The number of rotatable bonds is 5. The van der Waals surface area contributed by atoms with E-state index < -0.39 is 20.7 Å². The molecule has 0 atom stereocenters. The predicted molar refractivity (Wildman–Crippen MR) is 69.4 cm³/mol. The Kier molecular flexibility index (Phi) is 5.92. The van der Waals surface area contributed by atoms with Gasteiger partial charge in [0.1, 0.15) is 10.7 Å². The van der Waals surface area contributed by atoms with Crippen LogP contribution in [-0.2, 0) is 14.8 Å². The molecule has 0 aliphatic heterocycles. The average Bonchev–Trinajstić information content (AvgIpc) is 2.36. The molecule has 5 nitrogen and oxygen atoms in total. The van der Waals surface area contributed by atoms with Gasteiger partial charge in [0.25, 0.3) is 0 Å². The first-order valence-corrected chi connectivity index (χ1v) is 6.96. The fraction of sp³-hybridized carbons (Fsp3) is 0.333. The Labute approximate surface area is 112 Å². The molecule has 0 heterocycles. The lowest BCUT2D eigenvalue weighted by atomic mass is 10.2. The van der Waals surface area contributed by atoms with Crippen molar-refractivity contribution >= 4 is 10.0 Å². The van der Waals surface area contributed by atoms with Crippen LogP contribution in [-0.4, -0.2) is 35.2 Å². The van der Waals surface area contributed by atoms with Crippen molar-refractivity contribution in [2.75, 3.05) is 26.8 Å². The van der Waals surface area contributed by atoms with Crippen LogP contribution in [0.2, 0.25) is 0 Å². The summed E-state index contributed by atoms with van der Waals surface area (Å²) < 4.78 is 44.3. The van der Waals surface area contributed by atoms with Crippen LogP contribution in [0.5, 0.6) is 0 Å². The minimum Gasteiger partial charge on any atom is -0.383 e. The molecule has 0 aliphatic rings. The van der Waals surface area contributed by atoms with E-state index >= 15 is 0 Å². The maximum atomic E-state index is 13.7. The molecule has 0 unspecified atom stereocenters. The van der Waals surface area contributed by atoms with Crippen molar-refractivity contribution in [3.63, 3.8) is 0 Å². The van der Waals surface area contributed by atoms with E-state index in [0.29, 0.717) is 5.56 Å². The maximum absolute atomic E-state index is 13.7. The SMILES string of the molecule is COCCNS(=O)(=O)c1ccc(C#CCN)cc1F. The Morgan fingerprint density at radius 2 is 2.21 bits per heavy atom. The second-order valence-corrected chi connectivity index (χ2v) is 5.28. The van der Waals surface area contributed by atoms with Crippen molar-refractivity contribution in [3.8, 4) is 11.8 Å². The molecule has 0 bridgehead atoms. The number of halogens is 1. The van der Waals surface area contributed by atoms with Gasteiger partial charge in [0.2, 0.25) is 10.0 Å². The summed E-state index contributed by atoms with van der Waals surface area (Å²) in [6.45, 7) is 0.439. The molecule has 0 aromatic heterocycles. The molecule has 0 saturated carbocycles. The van der Waals surface area contributed by atoms with Gasteiger partial charge in [-0.15, -0.1) is 0 Å². The van der Waals surface area contributed by atoms with E-state index in [9.17, 15) is 12.8 Å². The van der Waals surface area contributed by atoms with E-state index in [0.717, 1.165) is 6.07 Å². The second kappa shape index (κ2) is 7.21. The lowest BCUT2D eigenvalue weighted by molar-refractivity contribution is 0.204. The summed E-state index contributed by atoms with van der Waals surface area (Å²) in [4.78, 5) is -0.415. The first-order chi connectivity index (χ1) is 9.01. The van der Waals surface area contributed by atoms with Crippen LogP contribution in [0.15, 0.2) is 23.1 Å². The number of nitrogens with two attached hydrogens (primary N) is 1. The topological polar surface area (TPSA) is 81.4 Å². The molecule has 0 saturated heterocycles. The number of methoxy groups -OCH3 is 1. The third-order valence-electron chi connectivity index (χ3n) is 2.15. The van der Waals surface area contributed by atoms with Gasteiger partial charge in [-0.25, -0.2) is 17.5 Å². The molecule has 19 heavy (non-hydrogen) atoms. The largest absolute Gasteiger partial charge is 0.383 e. The van der Waals surface area contributed by atoms with Crippen molar-refractivity contribution in [3.05, 3.63) is 29.6 Å².